The van der Waals surface area contributed by atoms with E-state index in [1.807, 2.05) is 65.2 Å². The largest absolute Gasteiger partial charge is 0.484 e. The lowest BCUT2D eigenvalue weighted by atomic mass is 10.0. The summed E-state index contributed by atoms with van der Waals surface area (Å²) in [5, 5.41) is 4.70. The Kier molecular flexibility index (Phi) is 4.44. The molecule has 0 bridgehead atoms. The van der Waals surface area contributed by atoms with E-state index in [2.05, 4.69) is 12.1 Å². The van der Waals surface area contributed by atoms with Crippen molar-refractivity contribution >= 4 is 5.91 Å². The van der Waals surface area contributed by atoms with Gasteiger partial charge in [-0.1, -0.05) is 48.5 Å². The average Bonchev–Trinajstić information content (AvgIpc) is 3.04. The number of benzene rings is 2. The highest BCUT2D eigenvalue weighted by Crippen LogP contribution is 2.29. The fourth-order valence-corrected chi connectivity index (χ4v) is 3.39. The van der Waals surface area contributed by atoms with Crippen molar-refractivity contribution in [1.82, 2.24) is 14.7 Å². The van der Waals surface area contributed by atoms with Gasteiger partial charge in [-0.3, -0.25) is 9.48 Å². The average molecular weight is 347 g/mol. The molecule has 0 atom stereocenters. The molecular weight excluding hydrogens is 326 g/mol. The van der Waals surface area contributed by atoms with Gasteiger partial charge in [0.15, 0.2) is 6.61 Å². The van der Waals surface area contributed by atoms with Crippen LogP contribution in [-0.4, -0.2) is 33.7 Å². The Morgan fingerprint density at radius 3 is 2.50 bits per heavy atom. The molecule has 2 aromatic carbocycles. The van der Waals surface area contributed by atoms with Crippen molar-refractivity contribution in [3.63, 3.8) is 0 Å². The number of aryl methyl sites for hydroxylation is 1. The third-order valence-corrected chi connectivity index (χ3v) is 4.75. The molecule has 1 aliphatic rings. The number of carbonyl (C=O) groups excluding carboxylic acids is 1. The minimum absolute atomic E-state index is 0.00219. The predicted octanol–water partition coefficient (Wildman–Crippen LogP) is 3.05. The van der Waals surface area contributed by atoms with E-state index < -0.39 is 0 Å². The molecule has 2 heterocycles. The zero-order valence-electron chi connectivity index (χ0n) is 14.8. The summed E-state index contributed by atoms with van der Waals surface area (Å²) >= 11 is 0. The molecule has 132 valence electrons. The van der Waals surface area contributed by atoms with E-state index in [0.29, 0.717) is 18.8 Å². The Morgan fingerprint density at radius 2 is 1.77 bits per heavy atom. The maximum absolute atomic E-state index is 12.6. The summed E-state index contributed by atoms with van der Waals surface area (Å²) in [6, 6.07) is 19.6. The maximum atomic E-state index is 12.6. The van der Waals surface area contributed by atoms with Crippen molar-refractivity contribution in [2.24, 2.45) is 7.05 Å². The highest BCUT2D eigenvalue weighted by molar-refractivity contribution is 5.78. The lowest BCUT2D eigenvalue weighted by molar-refractivity contribution is -0.134. The Labute approximate surface area is 152 Å². The van der Waals surface area contributed by atoms with Crippen molar-refractivity contribution in [2.75, 3.05) is 13.2 Å². The van der Waals surface area contributed by atoms with Crippen LogP contribution in [0.5, 0.6) is 5.75 Å². The number of nitrogens with zero attached hydrogens (tertiary/aromatic N) is 3. The number of carbonyl (C=O) groups is 1. The van der Waals surface area contributed by atoms with E-state index in [1.54, 1.807) is 0 Å². The molecule has 0 aliphatic carbocycles. The van der Waals surface area contributed by atoms with E-state index in [4.69, 9.17) is 9.84 Å². The van der Waals surface area contributed by atoms with Crippen LogP contribution in [0.15, 0.2) is 60.7 Å². The number of ether oxygens (including phenoxy) is 1. The Balaban J connectivity index is 1.51. The van der Waals surface area contributed by atoms with Crippen molar-refractivity contribution in [2.45, 2.75) is 13.0 Å². The zero-order valence-corrected chi connectivity index (χ0v) is 14.8. The molecule has 0 saturated carbocycles. The molecular formula is C21H21N3O2. The summed E-state index contributed by atoms with van der Waals surface area (Å²) in [5.74, 6) is 0.715. The van der Waals surface area contributed by atoms with Crippen molar-refractivity contribution in [3.05, 3.63) is 71.9 Å². The van der Waals surface area contributed by atoms with Gasteiger partial charge in [-0.2, -0.15) is 5.10 Å². The fraction of sp³-hybridized carbons (Fsp3) is 0.238. The van der Waals surface area contributed by atoms with Crippen molar-refractivity contribution < 1.29 is 9.53 Å². The number of amides is 1. The Hall–Kier alpha value is -3.08. The quantitative estimate of drug-likeness (QED) is 0.729. The smallest absolute Gasteiger partial charge is 0.260 e. The van der Waals surface area contributed by atoms with E-state index in [1.165, 1.54) is 5.69 Å². The van der Waals surface area contributed by atoms with Crippen LogP contribution >= 0.6 is 0 Å². The van der Waals surface area contributed by atoms with Gasteiger partial charge in [0.1, 0.15) is 5.75 Å². The minimum atomic E-state index is 0.00219. The van der Waals surface area contributed by atoms with E-state index in [0.717, 1.165) is 23.2 Å². The number of hydrogen-bond acceptors (Lipinski definition) is 3. The van der Waals surface area contributed by atoms with Crippen LogP contribution in [0.2, 0.25) is 0 Å². The Morgan fingerprint density at radius 1 is 1.08 bits per heavy atom. The van der Waals surface area contributed by atoms with Gasteiger partial charge in [0, 0.05) is 43.4 Å². The van der Waals surface area contributed by atoms with Crippen LogP contribution < -0.4 is 4.74 Å². The molecule has 0 fully saturated rings. The first kappa shape index (κ1) is 16.4. The predicted molar refractivity (Wildman–Crippen MR) is 99.7 cm³/mol. The molecule has 1 aromatic heterocycles. The molecule has 1 aliphatic heterocycles. The number of fused-ring (bicyclic) bond motifs is 1. The van der Waals surface area contributed by atoms with Crippen molar-refractivity contribution in [3.8, 4) is 17.0 Å². The summed E-state index contributed by atoms with van der Waals surface area (Å²) in [4.78, 5) is 14.5. The summed E-state index contributed by atoms with van der Waals surface area (Å²) in [5.41, 5.74) is 4.39. The second kappa shape index (κ2) is 7.04. The second-order valence-corrected chi connectivity index (χ2v) is 6.43. The summed E-state index contributed by atoms with van der Waals surface area (Å²) < 4.78 is 7.56. The Bertz CT molecular complexity index is 904. The van der Waals surface area contributed by atoms with Crippen LogP contribution in [0, 0.1) is 0 Å². The highest BCUT2D eigenvalue weighted by atomic mass is 16.5. The SMILES string of the molecule is Cn1nc(-c2ccccc2)c2c1CCN(C(=O)COc1ccccc1)C2. The van der Waals surface area contributed by atoms with E-state index in [-0.39, 0.29) is 12.5 Å². The monoisotopic (exact) mass is 347 g/mol. The summed E-state index contributed by atoms with van der Waals surface area (Å²) in [7, 11) is 1.97. The van der Waals surface area contributed by atoms with Gasteiger partial charge >= 0.3 is 0 Å². The number of para-hydroxylation sites is 1. The minimum Gasteiger partial charge on any atom is -0.484 e. The fourth-order valence-electron chi connectivity index (χ4n) is 3.39. The molecule has 4 rings (SSSR count). The first-order valence-corrected chi connectivity index (χ1v) is 8.78. The number of hydrogen-bond donors (Lipinski definition) is 0. The molecule has 26 heavy (non-hydrogen) atoms. The topological polar surface area (TPSA) is 47.4 Å². The molecule has 5 nitrogen and oxygen atoms in total. The molecule has 0 radical (unpaired) electrons. The standard InChI is InChI=1S/C21H21N3O2/c1-23-19-12-13-24(20(25)15-26-17-10-6-3-7-11-17)14-18(19)21(22-23)16-8-4-2-5-9-16/h2-11H,12-15H2,1H3. The van der Waals surface area contributed by atoms with E-state index >= 15 is 0 Å². The lowest BCUT2D eigenvalue weighted by Gasteiger charge is -2.27. The van der Waals surface area contributed by atoms with Crippen LogP contribution in [0.1, 0.15) is 11.3 Å². The molecule has 1 amide bonds. The van der Waals surface area contributed by atoms with Crippen LogP contribution in [0.25, 0.3) is 11.3 Å². The molecule has 0 unspecified atom stereocenters. The first-order valence-electron chi connectivity index (χ1n) is 8.78. The van der Waals surface area contributed by atoms with Crippen molar-refractivity contribution in [1.29, 1.82) is 0 Å². The van der Waals surface area contributed by atoms with Crippen LogP contribution in [0.3, 0.4) is 0 Å². The van der Waals surface area contributed by atoms with Gasteiger partial charge in [-0.25, -0.2) is 0 Å². The second-order valence-electron chi connectivity index (χ2n) is 6.43. The first-order chi connectivity index (χ1) is 12.7. The number of aromatic nitrogens is 2. The number of rotatable bonds is 4. The lowest BCUT2D eigenvalue weighted by Crippen LogP contribution is -2.39. The normalized spacial score (nSPS) is 13.3. The third kappa shape index (κ3) is 3.20. The highest BCUT2D eigenvalue weighted by Gasteiger charge is 2.27. The molecule has 5 heteroatoms. The maximum Gasteiger partial charge on any atom is 0.260 e. The summed E-state index contributed by atoms with van der Waals surface area (Å²) in [6.45, 7) is 1.32. The van der Waals surface area contributed by atoms with Crippen LogP contribution in [-0.2, 0) is 24.8 Å². The van der Waals surface area contributed by atoms with Crippen LogP contribution in [0.4, 0.5) is 0 Å². The summed E-state index contributed by atoms with van der Waals surface area (Å²) in [6.07, 6.45) is 0.808. The molecule has 0 N–H and O–H groups in total. The van der Waals surface area contributed by atoms with E-state index in [9.17, 15) is 4.79 Å². The molecule has 0 spiro atoms. The zero-order chi connectivity index (χ0) is 17.9. The van der Waals surface area contributed by atoms with Gasteiger partial charge < -0.3 is 9.64 Å². The van der Waals surface area contributed by atoms with Gasteiger partial charge in [-0.15, -0.1) is 0 Å². The van der Waals surface area contributed by atoms with Gasteiger partial charge in [0.25, 0.3) is 5.91 Å². The van der Waals surface area contributed by atoms with Gasteiger partial charge in [0.05, 0.1) is 5.69 Å². The molecule has 3 aromatic rings. The van der Waals surface area contributed by atoms with Gasteiger partial charge in [-0.05, 0) is 12.1 Å². The molecule has 0 saturated heterocycles. The van der Waals surface area contributed by atoms with Gasteiger partial charge in [0.2, 0.25) is 0 Å². The third-order valence-electron chi connectivity index (χ3n) is 4.75.